The van der Waals surface area contributed by atoms with Gasteiger partial charge in [-0.2, -0.15) is 0 Å². The second-order valence-corrected chi connectivity index (χ2v) is 13.2. The Morgan fingerprint density at radius 2 is 1.55 bits per heavy atom. The van der Waals surface area contributed by atoms with E-state index >= 15 is 0 Å². The van der Waals surface area contributed by atoms with E-state index in [-0.39, 0.29) is 23.6 Å². The highest BCUT2D eigenvalue weighted by Gasteiger charge is 2.55. The summed E-state index contributed by atoms with van der Waals surface area (Å²) >= 11 is 0. The smallest absolute Gasteiger partial charge is 0.254 e. The molecule has 11 heteroatoms. The van der Waals surface area contributed by atoms with E-state index in [2.05, 4.69) is 17.1 Å². The largest absolute Gasteiger partial charge is 0.457 e. The summed E-state index contributed by atoms with van der Waals surface area (Å²) in [4.78, 5) is 46.3. The molecule has 2 atom stereocenters. The summed E-state index contributed by atoms with van der Waals surface area (Å²) in [5.41, 5.74) is 0.884. The quantitative estimate of drug-likeness (QED) is 0.403. The van der Waals surface area contributed by atoms with Crippen LogP contribution in [0.15, 0.2) is 48.5 Å². The van der Waals surface area contributed by atoms with Crippen LogP contribution < -0.4 is 10.1 Å². The fourth-order valence-corrected chi connectivity index (χ4v) is 7.29. The molecule has 0 bridgehead atoms. The highest BCUT2D eigenvalue weighted by Crippen LogP contribution is 2.36. The third kappa shape index (κ3) is 7.48. The van der Waals surface area contributed by atoms with Gasteiger partial charge in [0.15, 0.2) is 0 Å². The van der Waals surface area contributed by atoms with Crippen LogP contribution in [-0.4, -0.2) is 114 Å². The summed E-state index contributed by atoms with van der Waals surface area (Å²) in [7, 11) is 0. The first-order valence-corrected chi connectivity index (χ1v) is 17.2. The van der Waals surface area contributed by atoms with Crippen LogP contribution in [-0.2, 0) is 25.6 Å². The fraction of sp³-hybridized carbons (Fsp3) is 0.583. The molecule has 4 heterocycles. The molecule has 0 saturated carbocycles. The number of aliphatic hydroxyl groups excluding tert-OH is 1. The second kappa shape index (κ2) is 15.1. The number of carbonyl (C=O) groups is 3. The molecule has 0 aliphatic carbocycles. The van der Waals surface area contributed by atoms with E-state index in [1.54, 1.807) is 17.0 Å². The molecule has 2 N–H and O–H groups in total. The average Bonchev–Trinajstić information content (AvgIpc) is 3.12. The maximum absolute atomic E-state index is 13.9. The maximum Gasteiger partial charge on any atom is 0.254 e. The molecule has 4 fully saturated rings. The van der Waals surface area contributed by atoms with Gasteiger partial charge in [-0.25, -0.2) is 0 Å². The number of aliphatic hydroxyl groups is 1. The van der Waals surface area contributed by atoms with E-state index in [9.17, 15) is 19.5 Å². The number of morpholine rings is 1. The van der Waals surface area contributed by atoms with Crippen molar-refractivity contribution in [3.8, 4) is 11.5 Å². The first kappa shape index (κ1) is 33.4. The molecule has 2 aromatic carbocycles. The zero-order valence-electron chi connectivity index (χ0n) is 27.4. The van der Waals surface area contributed by atoms with E-state index in [0.717, 1.165) is 24.9 Å². The Balaban J connectivity index is 1.03. The molecule has 2 aromatic rings. The Kier molecular flexibility index (Phi) is 10.8. The van der Waals surface area contributed by atoms with Gasteiger partial charge in [0.25, 0.3) is 5.91 Å². The van der Waals surface area contributed by atoms with E-state index in [1.165, 1.54) is 0 Å². The summed E-state index contributed by atoms with van der Waals surface area (Å²) in [6.07, 6.45) is 3.31. The van der Waals surface area contributed by atoms with Crippen LogP contribution in [0.1, 0.15) is 61.4 Å². The van der Waals surface area contributed by atoms with E-state index in [0.29, 0.717) is 102 Å². The predicted molar refractivity (Wildman–Crippen MR) is 175 cm³/mol. The zero-order valence-corrected chi connectivity index (χ0v) is 27.4. The van der Waals surface area contributed by atoms with Crippen LogP contribution in [0.4, 0.5) is 0 Å². The number of piperidine rings is 1. The minimum Gasteiger partial charge on any atom is -0.457 e. The molecular weight excluding hydrogens is 600 g/mol. The minimum atomic E-state index is -0.909. The lowest BCUT2D eigenvalue weighted by Gasteiger charge is -2.52. The molecule has 1 spiro atoms. The Morgan fingerprint density at radius 3 is 2.19 bits per heavy atom. The number of amides is 3. The number of nitrogens with one attached hydrogen (secondary N) is 1. The van der Waals surface area contributed by atoms with Gasteiger partial charge < -0.3 is 34.4 Å². The maximum atomic E-state index is 13.9. The Morgan fingerprint density at radius 1 is 0.936 bits per heavy atom. The SMILES string of the molecule is CCCCN1C(=O)[C@@H]([C@H](O)C2CCOCC2)NC(=O)C12CCN(Cc1ccc(Oc3ccc(C(=O)N4CCOCC4)cc3)cc1)CC2. The highest BCUT2D eigenvalue weighted by molar-refractivity contribution is 6.00. The van der Waals surface area contributed by atoms with Crippen molar-refractivity contribution in [3.63, 3.8) is 0 Å². The van der Waals surface area contributed by atoms with Gasteiger partial charge in [-0.05, 0) is 80.0 Å². The molecule has 254 valence electrons. The molecule has 6 rings (SSSR count). The standard InChI is InChI=1S/C36H48N4O7/c1-2-3-16-40-34(43)31(32(41)27-12-21-45-22-13-27)37-35(44)36(40)14-17-38(18-15-36)25-26-4-8-29(9-5-26)47-30-10-6-28(7-11-30)33(42)39-19-23-46-24-20-39/h4-11,27,31-32,41H,2-3,12-25H2,1H3,(H,37,44)/t31-,32-/m1/s1. The summed E-state index contributed by atoms with van der Waals surface area (Å²) in [5.74, 6) is 1.03. The first-order valence-electron chi connectivity index (χ1n) is 17.2. The zero-order chi connectivity index (χ0) is 32.8. The second-order valence-electron chi connectivity index (χ2n) is 13.2. The van der Waals surface area contributed by atoms with Crippen molar-refractivity contribution < 1.29 is 33.7 Å². The van der Waals surface area contributed by atoms with E-state index in [1.807, 2.05) is 41.3 Å². The lowest BCUT2D eigenvalue weighted by molar-refractivity contribution is -0.166. The van der Waals surface area contributed by atoms with Crippen molar-refractivity contribution >= 4 is 17.7 Å². The van der Waals surface area contributed by atoms with Crippen molar-refractivity contribution in [3.05, 3.63) is 59.7 Å². The fourth-order valence-electron chi connectivity index (χ4n) is 7.29. The van der Waals surface area contributed by atoms with Gasteiger partial charge in [-0.1, -0.05) is 25.5 Å². The molecule has 11 nitrogen and oxygen atoms in total. The third-order valence-electron chi connectivity index (χ3n) is 10.2. The van der Waals surface area contributed by atoms with E-state index in [4.69, 9.17) is 14.2 Å². The lowest BCUT2D eigenvalue weighted by Crippen LogP contribution is -2.75. The Labute approximate surface area is 277 Å². The van der Waals surface area contributed by atoms with Crippen LogP contribution in [0.2, 0.25) is 0 Å². The summed E-state index contributed by atoms with van der Waals surface area (Å²) in [6, 6.07) is 14.3. The van der Waals surface area contributed by atoms with Gasteiger partial charge in [-0.15, -0.1) is 0 Å². The van der Waals surface area contributed by atoms with Crippen molar-refractivity contribution in [1.29, 1.82) is 0 Å². The Bertz CT molecular complexity index is 1360. The minimum absolute atomic E-state index is 0.00536. The molecule has 47 heavy (non-hydrogen) atoms. The summed E-state index contributed by atoms with van der Waals surface area (Å²) in [6.45, 7) is 8.19. The molecule has 4 saturated heterocycles. The summed E-state index contributed by atoms with van der Waals surface area (Å²) in [5, 5.41) is 14.1. The number of carbonyl (C=O) groups excluding carboxylic acids is 3. The number of unbranched alkanes of at least 4 members (excludes halogenated alkanes) is 1. The number of benzene rings is 2. The van der Waals surface area contributed by atoms with Crippen molar-refractivity contribution in [2.75, 3.05) is 59.2 Å². The molecular formula is C36H48N4O7. The lowest BCUT2D eigenvalue weighted by atomic mass is 9.79. The number of hydrogen-bond donors (Lipinski definition) is 2. The number of nitrogens with zero attached hydrogens (tertiary/aromatic N) is 3. The topological polar surface area (TPSA) is 121 Å². The summed E-state index contributed by atoms with van der Waals surface area (Å²) < 4.78 is 16.8. The predicted octanol–water partition coefficient (Wildman–Crippen LogP) is 3.20. The van der Waals surface area contributed by atoms with Crippen LogP contribution in [0.25, 0.3) is 0 Å². The number of ether oxygens (including phenoxy) is 3. The number of piperazine rings is 1. The van der Waals surface area contributed by atoms with Crippen LogP contribution in [0.3, 0.4) is 0 Å². The van der Waals surface area contributed by atoms with Crippen molar-refractivity contribution in [2.24, 2.45) is 5.92 Å². The number of rotatable bonds is 10. The van der Waals surface area contributed by atoms with Crippen LogP contribution in [0.5, 0.6) is 11.5 Å². The monoisotopic (exact) mass is 648 g/mol. The highest BCUT2D eigenvalue weighted by atomic mass is 16.5. The number of likely N-dealkylation sites (tertiary alicyclic amines) is 1. The van der Waals surface area contributed by atoms with Crippen molar-refractivity contribution in [2.45, 2.75) is 69.7 Å². The van der Waals surface area contributed by atoms with Crippen molar-refractivity contribution in [1.82, 2.24) is 20.0 Å². The molecule has 3 amide bonds. The van der Waals surface area contributed by atoms with Crippen LogP contribution >= 0.6 is 0 Å². The van der Waals surface area contributed by atoms with Gasteiger partial charge in [0.05, 0.1) is 19.3 Å². The van der Waals surface area contributed by atoms with E-state index < -0.39 is 17.7 Å². The Hall–Kier alpha value is -3.51. The molecule has 0 unspecified atom stereocenters. The first-order chi connectivity index (χ1) is 22.9. The van der Waals surface area contributed by atoms with Gasteiger partial charge >= 0.3 is 0 Å². The molecule has 0 aromatic heterocycles. The average molecular weight is 649 g/mol. The molecule has 0 radical (unpaired) electrons. The molecule has 4 aliphatic rings. The normalized spacial score (nSPS) is 23.1. The molecule has 4 aliphatic heterocycles. The van der Waals surface area contributed by atoms with Gasteiger partial charge in [0.1, 0.15) is 23.1 Å². The van der Waals surface area contributed by atoms with Gasteiger partial charge in [-0.3, -0.25) is 19.3 Å². The van der Waals surface area contributed by atoms with Gasteiger partial charge in [0.2, 0.25) is 11.8 Å². The van der Waals surface area contributed by atoms with Crippen LogP contribution in [0, 0.1) is 5.92 Å². The van der Waals surface area contributed by atoms with Gasteiger partial charge in [0, 0.05) is 58.0 Å². The number of hydrogen-bond acceptors (Lipinski definition) is 8. The third-order valence-corrected chi connectivity index (χ3v) is 10.2.